The normalized spacial score (nSPS) is 19.5. The van der Waals surface area contributed by atoms with Gasteiger partial charge < -0.3 is 0 Å². The fraction of sp³-hybridized carbons (Fsp3) is 0.167. The Kier molecular flexibility index (Phi) is 3.54. The Morgan fingerprint density at radius 3 is 2.59 bits per heavy atom. The van der Waals surface area contributed by atoms with Crippen LogP contribution in [0.25, 0.3) is 0 Å². The van der Waals surface area contributed by atoms with Crippen LogP contribution in [0.1, 0.15) is 6.92 Å². The van der Waals surface area contributed by atoms with Crippen LogP contribution in [0.2, 0.25) is 5.02 Å². The lowest BCUT2D eigenvalue weighted by molar-refractivity contribution is -0.124. The van der Waals surface area contributed by atoms with Crippen molar-refractivity contribution in [3.05, 3.63) is 40.9 Å². The number of carbonyl (C=O) groups is 2. The standard InChI is InChI=1S/C12H10ClNO2S/c1-8(15)11-12(16)14(6-7-17-11)10-4-2-9(13)3-5-10/h2-7,11H,1H3. The van der Waals surface area contributed by atoms with E-state index in [1.165, 1.54) is 23.6 Å². The average Bonchev–Trinajstić information content (AvgIpc) is 2.30. The van der Waals surface area contributed by atoms with E-state index >= 15 is 0 Å². The Labute approximate surface area is 108 Å². The van der Waals surface area contributed by atoms with Crippen LogP contribution in [0.4, 0.5) is 5.69 Å². The molecule has 1 unspecified atom stereocenters. The minimum absolute atomic E-state index is 0.136. The van der Waals surface area contributed by atoms with E-state index in [1.54, 1.807) is 35.9 Å². The highest BCUT2D eigenvalue weighted by molar-refractivity contribution is 8.04. The predicted molar refractivity (Wildman–Crippen MR) is 70.1 cm³/mol. The number of Topliss-reactive ketones (excluding diaryl/α,β-unsaturated/α-hetero) is 1. The van der Waals surface area contributed by atoms with E-state index in [0.717, 1.165) is 0 Å². The summed E-state index contributed by atoms with van der Waals surface area (Å²) >= 11 is 7.02. The number of thioether (sulfide) groups is 1. The Morgan fingerprint density at radius 1 is 1.35 bits per heavy atom. The van der Waals surface area contributed by atoms with Crippen molar-refractivity contribution < 1.29 is 9.59 Å². The number of amides is 1. The van der Waals surface area contributed by atoms with Gasteiger partial charge in [-0.2, -0.15) is 0 Å². The van der Waals surface area contributed by atoms with Gasteiger partial charge >= 0.3 is 0 Å². The van der Waals surface area contributed by atoms with Crippen molar-refractivity contribution in [3.63, 3.8) is 0 Å². The first-order valence-electron chi connectivity index (χ1n) is 5.01. The molecule has 0 fully saturated rings. The summed E-state index contributed by atoms with van der Waals surface area (Å²) in [6.45, 7) is 1.43. The number of ketones is 1. The molecule has 0 spiro atoms. The first kappa shape index (κ1) is 12.2. The van der Waals surface area contributed by atoms with E-state index in [2.05, 4.69) is 0 Å². The van der Waals surface area contributed by atoms with Gasteiger partial charge in [-0.15, -0.1) is 11.8 Å². The number of hydrogen-bond acceptors (Lipinski definition) is 3. The predicted octanol–water partition coefficient (Wildman–Crippen LogP) is 2.85. The zero-order chi connectivity index (χ0) is 12.4. The number of carbonyl (C=O) groups excluding carboxylic acids is 2. The third-order valence-corrected chi connectivity index (χ3v) is 3.70. The fourth-order valence-electron chi connectivity index (χ4n) is 1.52. The summed E-state index contributed by atoms with van der Waals surface area (Å²) in [7, 11) is 0. The molecule has 1 aromatic rings. The van der Waals surface area contributed by atoms with Crippen LogP contribution >= 0.6 is 23.4 Å². The number of rotatable bonds is 2. The van der Waals surface area contributed by atoms with Gasteiger partial charge in [-0.25, -0.2) is 0 Å². The molecule has 0 N–H and O–H groups in total. The second kappa shape index (κ2) is 4.94. The SMILES string of the molecule is CC(=O)C1SC=CN(c2ccc(Cl)cc2)C1=O. The summed E-state index contributed by atoms with van der Waals surface area (Å²) in [4.78, 5) is 24.8. The van der Waals surface area contributed by atoms with Gasteiger partial charge in [-0.3, -0.25) is 14.5 Å². The number of nitrogens with zero attached hydrogens (tertiary/aromatic N) is 1. The molecule has 0 saturated carbocycles. The van der Waals surface area contributed by atoms with Crippen molar-refractivity contribution in [2.75, 3.05) is 4.90 Å². The Hall–Kier alpha value is -1.26. The molecule has 1 aliphatic rings. The average molecular weight is 268 g/mol. The molecule has 5 heteroatoms. The van der Waals surface area contributed by atoms with Crippen LogP contribution in [-0.2, 0) is 9.59 Å². The van der Waals surface area contributed by atoms with E-state index in [0.29, 0.717) is 10.7 Å². The van der Waals surface area contributed by atoms with Crippen LogP contribution in [0, 0.1) is 0 Å². The topological polar surface area (TPSA) is 37.4 Å². The highest BCUT2D eigenvalue weighted by Crippen LogP contribution is 2.27. The maximum atomic E-state index is 12.1. The molecule has 17 heavy (non-hydrogen) atoms. The monoisotopic (exact) mass is 267 g/mol. The van der Waals surface area contributed by atoms with E-state index in [-0.39, 0.29) is 11.7 Å². The number of halogens is 1. The highest BCUT2D eigenvalue weighted by Gasteiger charge is 2.30. The van der Waals surface area contributed by atoms with E-state index in [1.807, 2.05) is 0 Å². The highest BCUT2D eigenvalue weighted by atomic mass is 35.5. The minimum atomic E-state index is -0.643. The van der Waals surface area contributed by atoms with Gasteiger partial charge in [0.25, 0.3) is 5.91 Å². The van der Waals surface area contributed by atoms with Gasteiger partial charge in [0, 0.05) is 16.9 Å². The van der Waals surface area contributed by atoms with Crippen molar-refractivity contribution in [2.24, 2.45) is 0 Å². The first-order valence-corrected chi connectivity index (χ1v) is 6.33. The summed E-state index contributed by atoms with van der Waals surface area (Å²) in [6.07, 6.45) is 1.66. The Morgan fingerprint density at radius 2 is 2.00 bits per heavy atom. The maximum absolute atomic E-state index is 12.1. The van der Waals surface area contributed by atoms with Crippen LogP contribution in [0.5, 0.6) is 0 Å². The molecule has 0 aromatic heterocycles. The zero-order valence-corrected chi connectivity index (χ0v) is 10.7. The number of hydrogen-bond donors (Lipinski definition) is 0. The van der Waals surface area contributed by atoms with E-state index in [9.17, 15) is 9.59 Å². The van der Waals surface area contributed by atoms with Crippen molar-refractivity contribution in [1.29, 1.82) is 0 Å². The maximum Gasteiger partial charge on any atom is 0.252 e. The van der Waals surface area contributed by atoms with E-state index in [4.69, 9.17) is 11.6 Å². The Bertz CT molecular complexity index is 484. The quantitative estimate of drug-likeness (QED) is 0.774. The third kappa shape index (κ3) is 2.53. The molecule has 88 valence electrons. The number of benzene rings is 1. The summed E-state index contributed by atoms with van der Waals surface area (Å²) in [5, 5.41) is 1.72. The molecule has 2 rings (SSSR count). The van der Waals surface area contributed by atoms with Gasteiger partial charge in [0.15, 0.2) is 5.78 Å². The summed E-state index contributed by atoms with van der Waals surface area (Å²) in [6, 6.07) is 6.92. The molecule has 1 aromatic carbocycles. The van der Waals surface area contributed by atoms with Gasteiger partial charge in [-0.1, -0.05) is 11.6 Å². The van der Waals surface area contributed by atoms with Crippen molar-refractivity contribution in [1.82, 2.24) is 0 Å². The third-order valence-electron chi connectivity index (χ3n) is 2.36. The molecule has 0 aliphatic carbocycles. The fourth-order valence-corrected chi connectivity index (χ4v) is 2.41. The van der Waals surface area contributed by atoms with Crippen molar-refractivity contribution in [3.8, 4) is 0 Å². The van der Waals surface area contributed by atoms with Crippen molar-refractivity contribution in [2.45, 2.75) is 12.2 Å². The molecule has 1 heterocycles. The largest absolute Gasteiger partial charge is 0.298 e. The molecular weight excluding hydrogens is 258 g/mol. The van der Waals surface area contributed by atoms with Gasteiger partial charge in [-0.05, 0) is 36.6 Å². The smallest absolute Gasteiger partial charge is 0.252 e. The second-order valence-corrected chi connectivity index (χ2v) is 5.05. The zero-order valence-electron chi connectivity index (χ0n) is 9.09. The molecule has 1 amide bonds. The Balaban J connectivity index is 2.30. The molecule has 0 saturated heterocycles. The lowest BCUT2D eigenvalue weighted by atomic mass is 10.2. The minimum Gasteiger partial charge on any atom is -0.298 e. The molecule has 3 nitrogen and oxygen atoms in total. The lowest BCUT2D eigenvalue weighted by Gasteiger charge is -2.25. The second-order valence-electron chi connectivity index (χ2n) is 3.60. The summed E-state index contributed by atoms with van der Waals surface area (Å²) < 4.78 is 0. The van der Waals surface area contributed by atoms with Gasteiger partial charge in [0.2, 0.25) is 0 Å². The molecule has 0 bridgehead atoms. The molecule has 1 aliphatic heterocycles. The van der Waals surface area contributed by atoms with Crippen molar-refractivity contribution >= 4 is 40.7 Å². The summed E-state index contributed by atoms with van der Waals surface area (Å²) in [5.41, 5.74) is 0.710. The van der Waals surface area contributed by atoms with Crippen LogP contribution < -0.4 is 4.90 Å². The molecular formula is C12H10ClNO2S. The van der Waals surface area contributed by atoms with Gasteiger partial charge in [0.1, 0.15) is 5.25 Å². The van der Waals surface area contributed by atoms with Crippen LogP contribution in [-0.4, -0.2) is 16.9 Å². The number of anilines is 1. The summed E-state index contributed by atoms with van der Waals surface area (Å²) in [5.74, 6) is -0.351. The van der Waals surface area contributed by atoms with Crippen LogP contribution in [0.3, 0.4) is 0 Å². The lowest BCUT2D eigenvalue weighted by Crippen LogP contribution is -2.39. The molecule has 0 radical (unpaired) electrons. The first-order chi connectivity index (χ1) is 8.09. The van der Waals surface area contributed by atoms with E-state index < -0.39 is 5.25 Å². The van der Waals surface area contributed by atoms with Gasteiger partial charge in [0.05, 0.1) is 0 Å². The molecule has 1 atom stereocenters. The van der Waals surface area contributed by atoms with Crippen LogP contribution in [0.15, 0.2) is 35.9 Å².